The van der Waals surface area contributed by atoms with E-state index >= 15 is 0 Å². The average molecular weight is 411 g/mol. The molecular weight excluding hydrogens is 378 g/mol. The number of rotatable bonds is 18. The molecule has 164 valence electrons. The van der Waals surface area contributed by atoms with Gasteiger partial charge in [-0.3, -0.25) is 9.59 Å². The van der Waals surface area contributed by atoms with Gasteiger partial charge in [-0.1, -0.05) is 24.3 Å². The first-order valence-electron chi connectivity index (χ1n) is 9.68. The zero-order chi connectivity index (χ0) is 21.3. The van der Waals surface area contributed by atoms with E-state index in [0.29, 0.717) is 52.7 Å². The summed E-state index contributed by atoms with van der Waals surface area (Å²) in [6, 6.07) is 7.92. The largest absolute Gasteiger partial charge is 0.379 e. The Balaban J connectivity index is 2.02. The number of amides is 2. The third kappa shape index (κ3) is 14.6. The fourth-order valence-corrected chi connectivity index (χ4v) is 2.34. The van der Waals surface area contributed by atoms with E-state index in [2.05, 4.69) is 0 Å². The quantitative estimate of drug-likeness (QED) is 0.285. The van der Waals surface area contributed by atoms with Gasteiger partial charge in [0.25, 0.3) is 0 Å². The second-order valence-corrected chi connectivity index (χ2v) is 6.59. The van der Waals surface area contributed by atoms with Crippen molar-refractivity contribution in [3.05, 3.63) is 35.4 Å². The van der Waals surface area contributed by atoms with Gasteiger partial charge in [0.2, 0.25) is 11.8 Å². The molecule has 0 aromatic heterocycles. The maximum Gasteiger partial charge on any atom is 0.243 e. The molecule has 0 saturated heterocycles. The lowest BCUT2D eigenvalue weighted by Crippen LogP contribution is -2.28. The van der Waals surface area contributed by atoms with Crippen LogP contribution in [0.1, 0.15) is 24.0 Å². The van der Waals surface area contributed by atoms with Gasteiger partial charge in [0.15, 0.2) is 0 Å². The highest BCUT2D eigenvalue weighted by atomic mass is 16.5. The summed E-state index contributed by atoms with van der Waals surface area (Å²) in [4.78, 5) is 21.2. The fourth-order valence-electron chi connectivity index (χ4n) is 2.34. The van der Waals surface area contributed by atoms with Crippen molar-refractivity contribution < 1.29 is 28.5 Å². The molecule has 1 atom stereocenters. The number of ether oxygens (including phenoxy) is 4. The van der Waals surface area contributed by atoms with Gasteiger partial charge >= 0.3 is 0 Å². The predicted octanol–water partition coefficient (Wildman–Crippen LogP) is -0.126. The SMILES string of the molecule is NC(=O)CC[C@H](N)COCc1ccc(CCOCCOCCOCC(N)=O)cc1. The lowest BCUT2D eigenvalue weighted by Gasteiger charge is -2.11. The van der Waals surface area contributed by atoms with E-state index in [1.54, 1.807) is 0 Å². The molecule has 0 saturated carbocycles. The number of hydrogen-bond acceptors (Lipinski definition) is 7. The molecule has 0 radical (unpaired) electrons. The number of carbonyl (C=O) groups is 2. The second-order valence-electron chi connectivity index (χ2n) is 6.59. The molecule has 0 unspecified atom stereocenters. The van der Waals surface area contributed by atoms with Crippen LogP contribution >= 0.6 is 0 Å². The summed E-state index contributed by atoms with van der Waals surface area (Å²) in [6.07, 6.45) is 1.61. The monoisotopic (exact) mass is 411 g/mol. The van der Waals surface area contributed by atoms with Crippen molar-refractivity contribution in [2.75, 3.05) is 46.2 Å². The topological polar surface area (TPSA) is 149 Å². The molecule has 0 aliphatic heterocycles. The van der Waals surface area contributed by atoms with Crippen LogP contribution < -0.4 is 17.2 Å². The number of carbonyl (C=O) groups excluding carboxylic acids is 2. The van der Waals surface area contributed by atoms with Gasteiger partial charge < -0.3 is 36.1 Å². The van der Waals surface area contributed by atoms with E-state index in [1.165, 1.54) is 5.56 Å². The predicted molar refractivity (Wildman–Crippen MR) is 108 cm³/mol. The van der Waals surface area contributed by atoms with Crippen molar-refractivity contribution in [2.45, 2.75) is 31.9 Å². The van der Waals surface area contributed by atoms with E-state index in [1.807, 2.05) is 24.3 Å². The Bertz CT molecular complexity index is 582. The molecule has 9 heteroatoms. The number of primary amides is 2. The highest BCUT2D eigenvalue weighted by molar-refractivity contribution is 5.75. The van der Waals surface area contributed by atoms with E-state index in [0.717, 1.165) is 12.0 Å². The molecule has 0 bridgehead atoms. The Hall–Kier alpha value is -2.04. The van der Waals surface area contributed by atoms with E-state index in [-0.39, 0.29) is 25.0 Å². The summed E-state index contributed by atoms with van der Waals surface area (Å²) in [5, 5.41) is 0. The first kappa shape index (κ1) is 25.0. The smallest absolute Gasteiger partial charge is 0.243 e. The summed E-state index contributed by atoms with van der Waals surface area (Å²) >= 11 is 0. The Morgan fingerprint density at radius 1 is 0.793 bits per heavy atom. The number of nitrogens with two attached hydrogens (primary N) is 3. The zero-order valence-electron chi connectivity index (χ0n) is 16.8. The molecule has 9 nitrogen and oxygen atoms in total. The van der Waals surface area contributed by atoms with Gasteiger partial charge in [-0.2, -0.15) is 0 Å². The third-order valence-electron chi connectivity index (χ3n) is 3.91. The van der Waals surface area contributed by atoms with Gasteiger partial charge in [0.05, 0.1) is 46.2 Å². The maximum atomic E-state index is 10.7. The van der Waals surface area contributed by atoms with Crippen LogP contribution in [-0.2, 0) is 41.6 Å². The lowest BCUT2D eigenvalue weighted by molar-refractivity contribution is -0.123. The molecule has 6 N–H and O–H groups in total. The molecule has 0 fully saturated rings. The highest BCUT2D eigenvalue weighted by Gasteiger charge is 2.05. The summed E-state index contributed by atoms with van der Waals surface area (Å²) in [5.74, 6) is -0.839. The van der Waals surface area contributed by atoms with Gasteiger partial charge in [0, 0.05) is 12.5 Å². The Morgan fingerprint density at radius 3 is 2.00 bits per heavy atom. The van der Waals surface area contributed by atoms with Gasteiger partial charge in [-0.05, 0) is 24.0 Å². The van der Waals surface area contributed by atoms with Crippen LogP contribution in [0.4, 0.5) is 0 Å². The fraction of sp³-hybridized carbons (Fsp3) is 0.600. The molecule has 0 aliphatic carbocycles. The molecule has 1 aromatic rings. The van der Waals surface area contributed by atoms with Crippen LogP contribution in [0.2, 0.25) is 0 Å². The summed E-state index contributed by atoms with van der Waals surface area (Å²) in [5.41, 5.74) is 18.1. The van der Waals surface area contributed by atoms with E-state index in [4.69, 9.17) is 36.1 Å². The number of hydrogen-bond donors (Lipinski definition) is 3. The molecule has 0 aliphatic rings. The van der Waals surface area contributed by atoms with Gasteiger partial charge in [-0.25, -0.2) is 0 Å². The van der Waals surface area contributed by atoms with Gasteiger partial charge in [0.1, 0.15) is 6.61 Å². The minimum absolute atomic E-state index is 0.0880. The van der Waals surface area contributed by atoms with Crippen molar-refractivity contribution in [1.29, 1.82) is 0 Å². The number of benzene rings is 1. The zero-order valence-corrected chi connectivity index (χ0v) is 16.8. The first-order valence-corrected chi connectivity index (χ1v) is 9.68. The standard InChI is InChI=1S/C20H33N3O6/c21-18(5-6-19(22)24)14-29-13-17-3-1-16(2-4-17)7-8-26-9-10-27-11-12-28-15-20(23)25/h1-4,18H,5-15,21H2,(H2,22,24)(H2,23,25)/t18-/m0/s1. The van der Waals surface area contributed by atoms with Crippen molar-refractivity contribution >= 4 is 11.8 Å². The Morgan fingerprint density at radius 2 is 1.38 bits per heavy atom. The van der Waals surface area contributed by atoms with Crippen molar-refractivity contribution in [2.24, 2.45) is 17.2 Å². The second kappa shape index (κ2) is 15.8. The average Bonchev–Trinajstić information content (AvgIpc) is 2.68. The van der Waals surface area contributed by atoms with Crippen LogP contribution in [0, 0.1) is 0 Å². The highest BCUT2D eigenvalue weighted by Crippen LogP contribution is 2.07. The van der Waals surface area contributed by atoms with Crippen molar-refractivity contribution in [3.8, 4) is 0 Å². The van der Waals surface area contributed by atoms with Crippen LogP contribution in [0.3, 0.4) is 0 Å². The molecule has 29 heavy (non-hydrogen) atoms. The normalized spacial score (nSPS) is 12.0. The van der Waals surface area contributed by atoms with Crippen LogP contribution in [-0.4, -0.2) is 64.1 Å². The van der Waals surface area contributed by atoms with Crippen LogP contribution in [0.25, 0.3) is 0 Å². The molecular formula is C20H33N3O6. The maximum absolute atomic E-state index is 10.7. The lowest BCUT2D eigenvalue weighted by atomic mass is 10.1. The van der Waals surface area contributed by atoms with Crippen LogP contribution in [0.15, 0.2) is 24.3 Å². The van der Waals surface area contributed by atoms with Crippen LogP contribution in [0.5, 0.6) is 0 Å². The molecule has 0 spiro atoms. The van der Waals surface area contributed by atoms with Gasteiger partial charge in [-0.15, -0.1) is 0 Å². The molecule has 0 heterocycles. The molecule has 2 amide bonds. The summed E-state index contributed by atoms with van der Waals surface area (Å²) in [6.45, 7) is 3.08. The minimum Gasteiger partial charge on any atom is -0.379 e. The molecule has 1 aromatic carbocycles. The Labute approximate surface area is 171 Å². The van der Waals surface area contributed by atoms with E-state index < -0.39 is 5.91 Å². The minimum atomic E-state index is -0.491. The van der Waals surface area contributed by atoms with Crippen molar-refractivity contribution in [1.82, 2.24) is 0 Å². The summed E-state index contributed by atoms with van der Waals surface area (Å²) in [7, 11) is 0. The third-order valence-corrected chi connectivity index (χ3v) is 3.91. The molecule has 1 rings (SSSR count). The summed E-state index contributed by atoms with van der Waals surface area (Å²) < 4.78 is 21.4. The van der Waals surface area contributed by atoms with Crippen molar-refractivity contribution in [3.63, 3.8) is 0 Å². The van der Waals surface area contributed by atoms with E-state index in [9.17, 15) is 9.59 Å². The first-order chi connectivity index (χ1) is 14.0. The Kier molecular flexibility index (Phi) is 13.6.